The molecular weight excluding hydrogens is 281 g/mol. The average molecular weight is 298 g/mol. The fourth-order valence-corrected chi connectivity index (χ4v) is 2.26. The smallest absolute Gasteiger partial charge is 0.361 e. The summed E-state index contributed by atoms with van der Waals surface area (Å²) in [7, 11) is 0. The van der Waals surface area contributed by atoms with Crippen molar-refractivity contribution >= 4 is 16.8 Å². The number of aromatic amines is 1. The molecule has 0 radical (unpaired) electrons. The maximum atomic E-state index is 12.7. The topological polar surface area (TPSA) is 36.1 Å². The van der Waals surface area contributed by atoms with Crippen molar-refractivity contribution in [3.05, 3.63) is 36.0 Å². The molecule has 6 heteroatoms. The van der Waals surface area contributed by atoms with E-state index < -0.39 is 18.6 Å². The minimum atomic E-state index is -4.39. The van der Waals surface area contributed by atoms with Crippen LogP contribution in [0, 0.1) is 0 Å². The number of hydrogen-bond donors (Lipinski definition) is 1. The highest BCUT2D eigenvalue weighted by Gasteiger charge is 2.33. The van der Waals surface area contributed by atoms with Gasteiger partial charge in [0.2, 0.25) is 0 Å². The van der Waals surface area contributed by atoms with Gasteiger partial charge in [-0.3, -0.25) is 4.79 Å². The molecule has 0 aliphatic rings. The highest BCUT2D eigenvalue weighted by atomic mass is 19.4. The summed E-state index contributed by atoms with van der Waals surface area (Å²) in [5.74, 6) is -0.578. The van der Waals surface area contributed by atoms with Gasteiger partial charge < -0.3 is 9.88 Å². The molecule has 0 bridgehead atoms. The van der Waals surface area contributed by atoms with Gasteiger partial charge in [-0.05, 0) is 24.6 Å². The zero-order valence-electron chi connectivity index (χ0n) is 11.7. The SMILES string of the molecule is CCCCN(CC(F)(F)F)C(=O)c1cccc2[nH]ccc12. The molecule has 0 atom stereocenters. The second kappa shape index (κ2) is 6.20. The number of alkyl halides is 3. The molecule has 0 aliphatic heterocycles. The average Bonchev–Trinajstić information content (AvgIpc) is 2.89. The van der Waals surface area contributed by atoms with Gasteiger partial charge in [-0.1, -0.05) is 19.4 Å². The normalized spacial score (nSPS) is 11.8. The summed E-state index contributed by atoms with van der Waals surface area (Å²) < 4.78 is 38.0. The Hall–Kier alpha value is -1.98. The van der Waals surface area contributed by atoms with Gasteiger partial charge in [0.25, 0.3) is 5.91 Å². The Morgan fingerprint density at radius 1 is 1.29 bits per heavy atom. The number of nitrogens with one attached hydrogen (secondary N) is 1. The Balaban J connectivity index is 2.30. The van der Waals surface area contributed by atoms with Crippen LogP contribution in [0.15, 0.2) is 30.5 Å². The van der Waals surface area contributed by atoms with Crippen molar-refractivity contribution in [2.75, 3.05) is 13.1 Å². The predicted octanol–water partition coefficient (Wildman–Crippen LogP) is 3.97. The summed E-state index contributed by atoms with van der Waals surface area (Å²) in [5, 5.41) is 0.645. The van der Waals surface area contributed by atoms with Crippen LogP contribution in [0.1, 0.15) is 30.1 Å². The number of hydrogen-bond acceptors (Lipinski definition) is 1. The maximum absolute atomic E-state index is 12.7. The Morgan fingerprint density at radius 3 is 2.71 bits per heavy atom. The lowest BCUT2D eigenvalue weighted by Gasteiger charge is -2.24. The number of fused-ring (bicyclic) bond motifs is 1. The second-order valence-corrected chi connectivity index (χ2v) is 4.94. The molecule has 1 amide bonds. The second-order valence-electron chi connectivity index (χ2n) is 4.94. The number of halogens is 3. The zero-order chi connectivity index (χ0) is 15.5. The monoisotopic (exact) mass is 298 g/mol. The molecule has 0 fully saturated rings. The first-order valence-corrected chi connectivity index (χ1v) is 6.84. The van der Waals surface area contributed by atoms with Gasteiger partial charge in [-0.25, -0.2) is 0 Å². The zero-order valence-corrected chi connectivity index (χ0v) is 11.7. The number of amides is 1. The van der Waals surface area contributed by atoms with Crippen LogP contribution in [0.3, 0.4) is 0 Å². The molecule has 114 valence electrons. The van der Waals surface area contributed by atoms with Crippen LogP contribution in [-0.4, -0.2) is 35.1 Å². The van der Waals surface area contributed by atoms with Crippen LogP contribution in [-0.2, 0) is 0 Å². The third-order valence-electron chi connectivity index (χ3n) is 3.26. The number of H-pyrrole nitrogens is 1. The molecule has 21 heavy (non-hydrogen) atoms. The van der Waals surface area contributed by atoms with E-state index in [-0.39, 0.29) is 6.54 Å². The minimum Gasteiger partial charge on any atom is -0.361 e. The van der Waals surface area contributed by atoms with Gasteiger partial charge in [-0.15, -0.1) is 0 Å². The van der Waals surface area contributed by atoms with Crippen molar-refractivity contribution in [3.63, 3.8) is 0 Å². The van der Waals surface area contributed by atoms with Crippen molar-refractivity contribution in [3.8, 4) is 0 Å². The number of aromatic nitrogens is 1. The van der Waals surface area contributed by atoms with Gasteiger partial charge >= 0.3 is 6.18 Å². The first-order chi connectivity index (χ1) is 9.92. The quantitative estimate of drug-likeness (QED) is 0.890. The van der Waals surface area contributed by atoms with E-state index in [2.05, 4.69) is 4.98 Å². The molecule has 2 aromatic rings. The van der Waals surface area contributed by atoms with E-state index in [4.69, 9.17) is 0 Å². The highest BCUT2D eigenvalue weighted by Crippen LogP contribution is 2.22. The number of benzene rings is 1. The van der Waals surface area contributed by atoms with Crippen LogP contribution in [0.25, 0.3) is 10.9 Å². The van der Waals surface area contributed by atoms with Gasteiger partial charge in [0.05, 0.1) is 0 Å². The van der Waals surface area contributed by atoms with Crippen molar-refractivity contribution in [1.29, 1.82) is 0 Å². The van der Waals surface area contributed by atoms with Gasteiger partial charge in [0.1, 0.15) is 6.54 Å². The van der Waals surface area contributed by atoms with Crippen molar-refractivity contribution < 1.29 is 18.0 Å². The van der Waals surface area contributed by atoms with E-state index >= 15 is 0 Å². The molecule has 1 heterocycles. The lowest BCUT2D eigenvalue weighted by Crippen LogP contribution is -2.39. The third-order valence-corrected chi connectivity index (χ3v) is 3.26. The molecule has 0 spiro atoms. The van der Waals surface area contributed by atoms with E-state index in [1.54, 1.807) is 30.5 Å². The Bertz CT molecular complexity index is 619. The van der Waals surface area contributed by atoms with E-state index in [1.165, 1.54) is 0 Å². The van der Waals surface area contributed by atoms with E-state index in [9.17, 15) is 18.0 Å². The molecule has 3 nitrogen and oxygen atoms in total. The van der Waals surface area contributed by atoms with Crippen LogP contribution in [0.4, 0.5) is 13.2 Å². The number of carbonyl (C=O) groups is 1. The minimum absolute atomic E-state index is 0.107. The van der Waals surface area contributed by atoms with Crippen molar-refractivity contribution in [2.45, 2.75) is 25.9 Å². The maximum Gasteiger partial charge on any atom is 0.406 e. The summed E-state index contributed by atoms with van der Waals surface area (Å²) in [4.78, 5) is 16.3. The third kappa shape index (κ3) is 3.77. The summed E-state index contributed by atoms with van der Waals surface area (Å²) in [6, 6.07) is 6.71. The molecule has 1 N–H and O–H groups in total. The lowest BCUT2D eigenvalue weighted by molar-refractivity contribution is -0.140. The van der Waals surface area contributed by atoms with Gasteiger partial charge in [-0.2, -0.15) is 13.2 Å². The molecule has 1 aromatic carbocycles. The number of nitrogens with zero attached hydrogens (tertiary/aromatic N) is 1. The number of rotatable bonds is 5. The Kier molecular flexibility index (Phi) is 4.55. The number of carbonyl (C=O) groups excluding carboxylic acids is 1. The lowest BCUT2D eigenvalue weighted by atomic mass is 10.1. The molecule has 1 aromatic heterocycles. The summed E-state index contributed by atoms with van der Waals surface area (Å²) in [6.45, 7) is 0.769. The van der Waals surface area contributed by atoms with Crippen molar-refractivity contribution in [2.24, 2.45) is 0 Å². The van der Waals surface area contributed by atoms with Crippen LogP contribution in [0.5, 0.6) is 0 Å². The molecule has 0 saturated carbocycles. The largest absolute Gasteiger partial charge is 0.406 e. The summed E-state index contributed by atoms with van der Waals surface area (Å²) in [5.41, 5.74) is 1.04. The highest BCUT2D eigenvalue weighted by molar-refractivity contribution is 6.06. The first kappa shape index (κ1) is 15.4. The van der Waals surface area contributed by atoms with Crippen LogP contribution >= 0.6 is 0 Å². The number of unbranched alkanes of at least 4 members (excludes halogenated alkanes) is 1. The Morgan fingerprint density at radius 2 is 2.05 bits per heavy atom. The predicted molar refractivity (Wildman–Crippen MR) is 75.2 cm³/mol. The van der Waals surface area contributed by atoms with Crippen LogP contribution in [0.2, 0.25) is 0 Å². The van der Waals surface area contributed by atoms with Gasteiger partial charge in [0, 0.05) is 29.2 Å². The van der Waals surface area contributed by atoms with E-state index in [0.29, 0.717) is 17.4 Å². The standard InChI is InChI=1S/C15H17F3N2O/c1-2-3-9-20(10-15(16,17)18)14(21)12-5-4-6-13-11(12)7-8-19-13/h4-8,19H,2-3,9-10H2,1H3. The summed E-state index contributed by atoms with van der Waals surface area (Å²) in [6.07, 6.45) is -1.45. The fourth-order valence-electron chi connectivity index (χ4n) is 2.26. The molecule has 0 unspecified atom stereocenters. The fraction of sp³-hybridized carbons (Fsp3) is 0.400. The van der Waals surface area contributed by atoms with E-state index in [0.717, 1.165) is 16.8 Å². The molecule has 0 saturated heterocycles. The molecular formula is C15H17F3N2O. The van der Waals surface area contributed by atoms with Crippen molar-refractivity contribution in [1.82, 2.24) is 9.88 Å². The first-order valence-electron chi connectivity index (χ1n) is 6.84. The summed E-state index contributed by atoms with van der Waals surface area (Å²) >= 11 is 0. The Labute approximate surface area is 120 Å². The van der Waals surface area contributed by atoms with E-state index in [1.807, 2.05) is 6.92 Å². The van der Waals surface area contributed by atoms with Crippen LogP contribution < -0.4 is 0 Å². The molecule has 0 aliphatic carbocycles. The van der Waals surface area contributed by atoms with Gasteiger partial charge in [0.15, 0.2) is 0 Å². The molecule has 2 rings (SSSR count).